The minimum atomic E-state index is -0.404. The molecule has 10 heteroatoms. The molecule has 1 aromatic carbocycles. The molecule has 2 amide bonds. The number of likely N-dealkylation sites (N-methyl/N-ethyl adjacent to an activating group) is 2. The van der Waals surface area contributed by atoms with Crippen LogP contribution in [0.1, 0.15) is 72.9 Å². The van der Waals surface area contributed by atoms with Gasteiger partial charge in [0.15, 0.2) is 16.5 Å². The molecule has 1 fully saturated rings. The Labute approximate surface area is 222 Å². The molecule has 1 saturated carbocycles. The number of benzene rings is 1. The number of amides is 2. The second-order valence-electron chi connectivity index (χ2n) is 11.0. The normalized spacial score (nSPS) is 18.4. The Balaban J connectivity index is 1.53. The number of nitrogens with one attached hydrogen (secondary N) is 1. The van der Waals surface area contributed by atoms with Crippen LogP contribution in [0.4, 0.5) is 5.13 Å². The molecule has 200 valence electrons. The Hall–Kier alpha value is -2.82. The number of thiazole rings is 1. The first-order valence-corrected chi connectivity index (χ1v) is 13.7. The predicted molar refractivity (Wildman–Crippen MR) is 147 cm³/mol. The van der Waals surface area contributed by atoms with Crippen LogP contribution in [0, 0.1) is 6.92 Å². The minimum Gasteiger partial charge on any atom is -0.391 e. The molecule has 1 aliphatic carbocycles. The average Bonchev–Trinajstić information content (AvgIpc) is 3.40. The highest BCUT2D eigenvalue weighted by Gasteiger charge is 2.30. The van der Waals surface area contributed by atoms with Gasteiger partial charge in [-0.1, -0.05) is 41.9 Å². The maximum Gasteiger partial charge on any atom is 0.275 e. The second kappa shape index (κ2) is 10.9. The van der Waals surface area contributed by atoms with Gasteiger partial charge in [-0.3, -0.25) is 19.8 Å². The quantitative estimate of drug-likeness (QED) is 0.480. The number of carbonyl (C=O) groups is 2. The van der Waals surface area contributed by atoms with Gasteiger partial charge in [-0.25, -0.2) is 4.68 Å². The van der Waals surface area contributed by atoms with E-state index >= 15 is 0 Å². The lowest BCUT2D eigenvalue weighted by molar-refractivity contribution is 0.0289. The highest BCUT2D eigenvalue weighted by molar-refractivity contribution is 7.22. The van der Waals surface area contributed by atoms with E-state index in [1.807, 2.05) is 46.9 Å². The summed E-state index contributed by atoms with van der Waals surface area (Å²) in [5.41, 5.74) is 2.14. The van der Waals surface area contributed by atoms with Gasteiger partial charge in [0.2, 0.25) is 0 Å². The number of hydrogen-bond acceptors (Lipinski definition) is 7. The number of aliphatic hydroxyl groups excluding tert-OH is 1. The highest BCUT2D eigenvalue weighted by Crippen LogP contribution is 2.33. The van der Waals surface area contributed by atoms with Gasteiger partial charge in [-0.05, 0) is 59.7 Å². The van der Waals surface area contributed by atoms with E-state index in [1.165, 1.54) is 11.3 Å². The van der Waals surface area contributed by atoms with Crippen molar-refractivity contribution in [2.75, 3.05) is 32.5 Å². The van der Waals surface area contributed by atoms with Gasteiger partial charge in [-0.15, -0.1) is 0 Å². The molecule has 0 bridgehead atoms. The summed E-state index contributed by atoms with van der Waals surface area (Å²) in [6, 6.07) is 7.47. The van der Waals surface area contributed by atoms with Crippen molar-refractivity contribution in [3.8, 4) is 0 Å². The van der Waals surface area contributed by atoms with Gasteiger partial charge in [-0.2, -0.15) is 10.1 Å². The van der Waals surface area contributed by atoms with Crippen LogP contribution in [0.25, 0.3) is 10.3 Å². The molecule has 0 saturated heterocycles. The molecule has 0 aliphatic heterocycles. The van der Waals surface area contributed by atoms with Crippen LogP contribution >= 0.6 is 11.3 Å². The number of anilines is 1. The van der Waals surface area contributed by atoms with Crippen LogP contribution in [0.15, 0.2) is 24.3 Å². The molecule has 0 unspecified atom stereocenters. The summed E-state index contributed by atoms with van der Waals surface area (Å²) in [5, 5.41) is 18.3. The first-order valence-electron chi connectivity index (χ1n) is 12.9. The molecule has 2 N–H and O–H groups in total. The number of nitrogens with zero attached hydrogens (tertiary/aromatic N) is 5. The maximum absolute atomic E-state index is 13.5. The van der Waals surface area contributed by atoms with Crippen molar-refractivity contribution in [1.29, 1.82) is 0 Å². The van der Waals surface area contributed by atoms with Crippen LogP contribution in [-0.4, -0.2) is 80.8 Å². The molecule has 2 atom stereocenters. The molecule has 37 heavy (non-hydrogen) atoms. The maximum atomic E-state index is 13.5. The van der Waals surface area contributed by atoms with E-state index in [2.05, 4.69) is 20.3 Å². The lowest BCUT2D eigenvalue weighted by atomic mass is 9.91. The number of aliphatic hydroxyl groups is 1. The third-order valence-electron chi connectivity index (χ3n) is 6.99. The average molecular weight is 527 g/mol. The van der Waals surface area contributed by atoms with E-state index < -0.39 is 5.54 Å². The fourth-order valence-electron chi connectivity index (χ4n) is 4.70. The summed E-state index contributed by atoms with van der Waals surface area (Å²) in [4.78, 5) is 34.8. The lowest BCUT2D eigenvalue weighted by Crippen LogP contribution is -2.46. The zero-order chi connectivity index (χ0) is 26.9. The molecule has 2 aromatic heterocycles. The zero-order valence-electron chi connectivity index (χ0n) is 22.6. The van der Waals surface area contributed by atoms with E-state index in [0.29, 0.717) is 39.8 Å². The largest absolute Gasteiger partial charge is 0.391 e. The van der Waals surface area contributed by atoms with E-state index in [-0.39, 0.29) is 24.0 Å². The SMILES string of the molecule is Cc1ccc(C(=O)Nc2nc3c(s2)c(C(=O)N(C)CCN(C)[C@@H]2CCCC[C@H]2O)nn3C(C)(C)C)cc1. The van der Waals surface area contributed by atoms with Crippen molar-refractivity contribution >= 4 is 38.6 Å². The van der Waals surface area contributed by atoms with Crippen molar-refractivity contribution < 1.29 is 14.7 Å². The second-order valence-corrected chi connectivity index (χ2v) is 12.0. The standard InChI is InChI=1S/C27H38N6O3S/c1-17-11-13-18(14-12-17)24(35)29-26-28-23-22(37-26)21(30-33(23)27(2,3)4)25(36)32(6)16-15-31(5)19-9-7-8-10-20(19)34/h11-14,19-20,34H,7-10,15-16H2,1-6H3,(H,28,29,35)/t19-,20-/m1/s1. The Morgan fingerprint density at radius 1 is 1.14 bits per heavy atom. The Morgan fingerprint density at radius 2 is 1.81 bits per heavy atom. The molecule has 3 aromatic rings. The lowest BCUT2D eigenvalue weighted by Gasteiger charge is -2.35. The van der Waals surface area contributed by atoms with Gasteiger partial charge in [0.05, 0.1) is 11.6 Å². The van der Waals surface area contributed by atoms with Gasteiger partial charge in [0, 0.05) is 31.7 Å². The van der Waals surface area contributed by atoms with E-state index in [0.717, 1.165) is 31.2 Å². The van der Waals surface area contributed by atoms with E-state index in [4.69, 9.17) is 0 Å². The third kappa shape index (κ3) is 6.02. The minimum absolute atomic E-state index is 0.130. The summed E-state index contributed by atoms with van der Waals surface area (Å²) in [7, 11) is 3.78. The van der Waals surface area contributed by atoms with Gasteiger partial charge in [0.25, 0.3) is 11.8 Å². The fraction of sp³-hybridized carbons (Fsp3) is 0.556. The Bertz CT molecular complexity index is 1260. The molecule has 0 spiro atoms. The monoisotopic (exact) mass is 526 g/mol. The van der Waals surface area contributed by atoms with E-state index in [9.17, 15) is 14.7 Å². The fourth-order valence-corrected chi connectivity index (χ4v) is 5.62. The van der Waals surface area contributed by atoms with Crippen LogP contribution in [0.5, 0.6) is 0 Å². The topological polar surface area (TPSA) is 104 Å². The summed E-state index contributed by atoms with van der Waals surface area (Å²) in [6.45, 7) is 9.16. The summed E-state index contributed by atoms with van der Waals surface area (Å²) in [5.74, 6) is -0.435. The summed E-state index contributed by atoms with van der Waals surface area (Å²) in [6.07, 6.45) is 3.69. The highest BCUT2D eigenvalue weighted by atomic mass is 32.1. The first kappa shape index (κ1) is 27.2. The zero-order valence-corrected chi connectivity index (χ0v) is 23.4. The van der Waals surface area contributed by atoms with E-state index in [1.54, 1.807) is 28.8 Å². The molecule has 0 radical (unpaired) electrons. The summed E-state index contributed by atoms with van der Waals surface area (Å²) < 4.78 is 2.41. The molecule has 4 rings (SSSR count). The summed E-state index contributed by atoms with van der Waals surface area (Å²) >= 11 is 1.26. The first-order chi connectivity index (χ1) is 17.5. The van der Waals surface area contributed by atoms with Crippen molar-refractivity contribution in [3.05, 3.63) is 41.1 Å². The van der Waals surface area contributed by atoms with Crippen molar-refractivity contribution in [1.82, 2.24) is 24.6 Å². The Morgan fingerprint density at radius 3 is 2.46 bits per heavy atom. The smallest absolute Gasteiger partial charge is 0.275 e. The number of hydrogen-bond donors (Lipinski definition) is 2. The van der Waals surface area contributed by atoms with Crippen LogP contribution < -0.4 is 5.32 Å². The number of rotatable bonds is 7. The van der Waals surface area contributed by atoms with Crippen molar-refractivity contribution in [2.45, 2.75) is 71.1 Å². The van der Waals surface area contributed by atoms with Crippen molar-refractivity contribution in [2.24, 2.45) is 0 Å². The van der Waals surface area contributed by atoms with Gasteiger partial charge >= 0.3 is 0 Å². The van der Waals surface area contributed by atoms with Gasteiger partial charge < -0.3 is 10.0 Å². The number of fused-ring (bicyclic) bond motifs is 1. The number of aromatic nitrogens is 3. The van der Waals surface area contributed by atoms with Crippen LogP contribution in [0.2, 0.25) is 0 Å². The predicted octanol–water partition coefficient (Wildman–Crippen LogP) is 4.12. The molecular weight excluding hydrogens is 488 g/mol. The molecule has 9 nitrogen and oxygen atoms in total. The van der Waals surface area contributed by atoms with Crippen LogP contribution in [0.3, 0.4) is 0 Å². The van der Waals surface area contributed by atoms with Crippen molar-refractivity contribution in [3.63, 3.8) is 0 Å². The molecule has 1 aliphatic rings. The van der Waals surface area contributed by atoms with Crippen LogP contribution in [-0.2, 0) is 5.54 Å². The number of carbonyl (C=O) groups excluding carboxylic acids is 2. The van der Waals surface area contributed by atoms with Gasteiger partial charge in [0.1, 0.15) is 4.70 Å². The third-order valence-corrected chi connectivity index (χ3v) is 7.96. The molecule has 2 heterocycles. The number of aryl methyl sites for hydroxylation is 1. The molecular formula is C27H38N6O3S. The Kier molecular flexibility index (Phi) is 8.01.